The second-order valence-electron chi connectivity index (χ2n) is 9.33. The summed E-state index contributed by atoms with van der Waals surface area (Å²) in [7, 11) is 0. The van der Waals surface area contributed by atoms with Gasteiger partial charge in [0.2, 0.25) is 5.91 Å². The maximum absolute atomic E-state index is 13.2. The highest BCUT2D eigenvalue weighted by Gasteiger charge is 2.36. The molecule has 206 valence electrons. The first kappa shape index (κ1) is 26.1. The number of hydrogen-bond donors (Lipinski definition) is 1. The molecular weight excluding hydrogens is 548 g/mol. The van der Waals surface area contributed by atoms with Gasteiger partial charge < -0.3 is 19.4 Å². The van der Waals surface area contributed by atoms with Crippen molar-refractivity contribution in [1.29, 1.82) is 0 Å². The third-order valence-electron chi connectivity index (χ3n) is 6.61. The molecule has 0 unspecified atom stereocenters. The van der Waals surface area contributed by atoms with E-state index in [0.717, 1.165) is 38.7 Å². The van der Waals surface area contributed by atoms with Crippen LogP contribution in [0.25, 0.3) is 17.0 Å². The first-order chi connectivity index (χ1) is 19.9. The van der Waals surface area contributed by atoms with Crippen LogP contribution in [0.2, 0.25) is 0 Å². The highest BCUT2D eigenvalue weighted by molar-refractivity contribution is 8.18. The number of nitro benzene ring substituents is 1. The van der Waals surface area contributed by atoms with Crippen molar-refractivity contribution in [2.75, 3.05) is 25.1 Å². The van der Waals surface area contributed by atoms with E-state index in [1.807, 2.05) is 35.0 Å². The predicted octanol–water partition coefficient (Wildman–Crippen LogP) is 5.04. The second kappa shape index (κ2) is 10.8. The van der Waals surface area contributed by atoms with E-state index < -0.39 is 28.5 Å². The molecule has 41 heavy (non-hydrogen) atoms. The number of fused-ring (bicyclic) bond motifs is 2. The van der Waals surface area contributed by atoms with E-state index in [4.69, 9.17) is 9.47 Å². The number of carbonyl (C=O) groups excluding carboxylic acids is 3. The Balaban J connectivity index is 1.19. The van der Waals surface area contributed by atoms with Crippen LogP contribution in [0.5, 0.6) is 11.5 Å². The molecule has 1 N–H and O–H groups in total. The van der Waals surface area contributed by atoms with E-state index in [9.17, 15) is 24.5 Å². The molecule has 11 nitrogen and oxygen atoms in total. The lowest BCUT2D eigenvalue weighted by atomic mass is 10.1. The second-order valence-corrected chi connectivity index (χ2v) is 10.3. The van der Waals surface area contributed by atoms with Crippen molar-refractivity contribution in [3.63, 3.8) is 0 Å². The largest absolute Gasteiger partial charge is 0.486 e. The van der Waals surface area contributed by atoms with Crippen molar-refractivity contribution in [3.05, 3.63) is 99.1 Å². The zero-order valence-corrected chi connectivity index (χ0v) is 22.3. The molecule has 2 aliphatic rings. The fourth-order valence-corrected chi connectivity index (χ4v) is 5.51. The molecule has 3 aromatic carbocycles. The number of amides is 3. The Hall–Kier alpha value is -5.10. The normalized spacial score (nSPS) is 15.5. The third-order valence-corrected chi connectivity index (χ3v) is 7.51. The summed E-state index contributed by atoms with van der Waals surface area (Å²) < 4.78 is 13.0. The summed E-state index contributed by atoms with van der Waals surface area (Å²) in [4.78, 5) is 50.2. The number of para-hydroxylation sites is 1. The molecule has 2 aliphatic heterocycles. The van der Waals surface area contributed by atoms with Gasteiger partial charge in [-0.2, -0.15) is 0 Å². The minimum absolute atomic E-state index is 0.0162. The predicted molar refractivity (Wildman–Crippen MR) is 153 cm³/mol. The van der Waals surface area contributed by atoms with Crippen LogP contribution in [0.3, 0.4) is 0 Å². The van der Waals surface area contributed by atoms with Gasteiger partial charge in [-0.3, -0.25) is 29.4 Å². The SMILES string of the molecule is O=C(CN1C(=O)S/C(=C\c2cn(Cc3ccc([N+](=O)[O-])cc3)c3ccccc23)C1=O)Nc1ccc2c(c1)OCCO2. The zero-order valence-electron chi connectivity index (χ0n) is 21.4. The monoisotopic (exact) mass is 570 g/mol. The Bertz CT molecular complexity index is 1750. The van der Waals surface area contributed by atoms with Crippen molar-refractivity contribution in [1.82, 2.24) is 9.47 Å². The van der Waals surface area contributed by atoms with E-state index in [2.05, 4.69) is 5.32 Å². The molecule has 1 aromatic heterocycles. The van der Waals surface area contributed by atoms with E-state index in [-0.39, 0.29) is 10.6 Å². The maximum Gasteiger partial charge on any atom is 0.294 e. The van der Waals surface area contributed by atoms with Crippen molar-refractivity contribution in [2.24, 2.45) is 0 Å². The van der Waals surface area contributed by atoms with Crippen LogP contribution in [-0.4, -0.2) is 51.2 Å². The Morgan fingerprint density at radius 1 is 1.02 bits per heavy atom. The van der Waals surface area contributed by atoms with Crippen molar-refractivity contribution in [2.45, 2.75) is 6.54 Å². The number of nitro groups is 1. The summed E-state index contributed by atoms with van der Waals surface area (Å²) in [5, 5.41) is 14.0. The Kier molecular flexibility index (Phi) is 6.89. The molecule has 6 rings (SSSR count). The van der Waals surface area contributed by atoms with Gasteiger partial charge in [0, 0.05) is 53.1 Å². The number of aromatic nitrogens is 1. The summed E-state index contributed by atoms with van der Waals surface area (Å²) in [5.74, 6) is 0.0183. The van der Waals surface area contributed by atoms with Gasteiger partial charge in [0.05, 0.1) is 9.83 Å². The average molecular weight is 571 g/mol. The number of carbonyl (C=O) groups is 3. The van der Waals surface area contributed by atoms with E-state index in [1.165, 1.54) is 12.1 Å². The molecule has 3 heterocycles. The molecular formula is C29H22N4O7S. The average Bonchev–Trinajstić information content (AvgIpc) is 3.44. The topological polar surface area (TPSA) is 133 Å². The van der Waals surface area contributed by atoms with Gasteiger partial charge in [0.15, 0.2) is 11.5 Å². The zero-order chi connectivity index (χ0) is 28.5. The minimum atomic E-state index is -0.551. The van der Waals surface area contributed by atoms with Crippen LogP contribution < -0.4 is 14.8 Å². The lowest BCUT2D eigenvalue weighted by molar-refractivity contribution is -0.384. The molecule has 0 saturated carbocycles. The number of anilines is 1. The fraction of sp³-hybridized carbons (Fsp3) is 0.138. The highest BCUT2D eigenvalue weighted by atomic mass is 32.2. The van der Waals surface area contributed by atoms with Crippen LogP contribution in [0.4, 0.5) is 16.2 Å². The molecule has 1 saturated heterocycles. The van der Waals surface area contributed by atoms with E-state index >= 15 is 0 Å². The number of benzene rings is 3. The van der Waals surface area contributed by atoms with Gasteiger partial charge in [-0.05, 0) is 41.6 Å². The quantitative estimate of drug-likeness (QED) is 0.186. The van der Waals surface area contributed by atoms with Gasteiger partial charge >= 0.3 is 0 Å². The van der Waals surface area contributed by atoms with Gasteiger partial charge in [-0.1, -0.05) is 30.3 Å². The van der Waals surface area contributed by atoms with Crippen LogP contribution in [0, 0.1) is 10.1 Å². The van der Waals surface area contributed by atoms with Crippen molar-refractivity contribution >= 4 is 57.2 Å². The van der Waals surface area contributed by atoms with Gasteiger partial charge in [0.1, 0.15) is 19.8 Å². The van der Waals surface area contributed by atoms with Crippen LogP contribution in [0.1, 0.15) is 11.1 Å². The number of rotatable bonds is 7. The summed E-state index contributed by atoms with van der Waals surface area (Å²) in [6.45, 7) is 0.876. The number of imide groups is 1. The first-order valence-electron chi connectivity index (χ1n) is 12.6. The summed E-state index contributed by atoms with van der Waals surface area (Å²) >= 11 is 0.779. The molecule has 3 amide bonds. The van der Waals surface area contributed by atoms with Gasteiger partial charge in [-0.25, -0.2) is 0 Å². The third kappa shape index (κ3) is 5.37. The Labute approximate surface area is 237 Å². The molecule has 4 aromatic rings. The van der Waals surface area contributed by atoms with Gasteiger partial charge in [-0.15, -0.1) is 0 Å². The molecule has 0 aliphatic carbocycles. The number of ether oxygens (including phenoxy) is 2. The van der Waals surface area contributed by atoms with Gasteiger partial charge in [0.25, 0.3) is 16.8 Å². The smallest absolute Gasteiger partial charge is 0.294 e. The van der Waals surface area contributed by atoms with E-state index in [1.54, 1.807) is 36.4 Å². The Morgan fingerprint density at radius 2 is 1.78 bits per heavy atom. The number of nitrogens with one attached hydrogen (secondary N) is 1. The number of thioether (sulfide) groups is 1. The van der Waals surface area contributed by atoms with Crippen LogP contribution in [0.15, 0.2) is 77.8 Å². The lowest BCUT2D eigenvalue weighted by Gasteiger charge is -2.19. The number of nitrogens with zero attached hydrogens (tertiary/aromatic N) is 3. The molecule has 0 spiro atoms. The first-order valence-corrected chi connectivity index (χ1v) is 13.4. The van der Waals surface area contributed by atoms with Crippen molar-refractivity contribution < 1.29 is 28.8 Å². The fourth-order valence-electron chi connectivity index (χ4n) is 4.68. The molecule has 12 heteroatoms. The number of hydrogen-bond acceptors (Lipinski definition) is 8. The highest BCUT2D eigenvalue weighted by Crippen LogP contribution is 2.35. The maximum atomic E-state index is 13.2. The summed E-state index contributed by atoms with van der Waals surface area (Å²) in [5.41, 5.74) is 2.97. The van der Waals surface area contributed by atoms with Crippen LogP contribution in [-0.2, 0) is 16.1 Å². The summed E-state index contributed by atoms with van der Waals surface area (Å²) in [6.07, 6.45) is 3.52. The number of non-ortho nitro benzene ring substituents is 1. The standard InChI is InChI=1S/C29H22N4O7S/c34-27(30-20-7-10-24-25(14-20)40-12-11-39-24)17-32-28(35)26(41-29(32)36)13-19-16-31(23-4-2-1-3-22(19)23)15-18-5-8-21(9-6-18)33(37)38/h1-10,13-14,16H,11-12,15,17H2,(H,30,34)/b26-13-. The summed E-state index contributed by atoms with van der Waals surface area (Å²) in [6, 6.07) is 18.9. The van der Waals surface area contributed by atoms with E-state index in [0.29, 0.717) is 36.9 Å². The minimum Gasteiger partial charge on any atom is -0.486 e. The lowest BCUT2D eigenvalue weighted by Crippen LogP contribution is -2.36. The molecule has 0 bridgehead atoms. The van der Waals surface area contributed by atoms with Crippen LogP contribution >= 0.6 is 11.8 Å². The molecule has 0 radical (unpaired) electrons. The molecule has 0 atom stereocenters. The molecule has 1 fully saturated rings. The van der Waals surface area contributed by atoms with Crippen molar-refractivity contribution in [3.8, 4) is 11.5 Å². The Morgan fingerprint density at radius 3 is 2.56 bits per heavy atom.